The fourth-order valence-electron chi connectivity index (χ4n) is 1.12. The van der Waals surface area contributed by atoms with Crippen LogP contribution in [0.15, 0.2) is 0 Å². The second-order valence-electron chi connectivity index (χ2n) is 5.88. The Labute approximate surface area is 106 Å². The van der Waals surface area contributed by atoms with Crippen LogP contribution in [0.3, 0.4) is 0 Å². The highest BCUT2D eigenvalue weighted by molar-refractivity contribution is 6.74. The van der Waals surface area contributed by atoms with Gasteiger partial charge in [-0.1, -0.05) is 20.8 Å². The highest BCUT2D eigenvalue weighted by Gasteiger charge is 2.36. The SMILES string of the molecule is COC(=O)[C@H](N)CCCO[Si](C)(C)C(C)(C)C. The molecule has 0 aliphatic heterocycles. The van der Waals surface area contributed by atoms with E-state index in [-0.39, 0.29) is 11.0 Å². The number of carbonyl (C=O) groups excluding carboxylic acids is 1. The van der Waals surface area contributed by atoms with Crippen molar-refractivity contribution in [2.24, 2.45) is 5.73 Å². The van der Waals surface area contributed by atoms with Crippen LogP contribution in [0, 0.1) is 0 Å². The zero-order valence-electron chi connectivity index (χ0n) is 12.0. The number of rotatable bonds is 6. The van der Waals surface area contributed by atoms with Crippen LogP contribution in [-0.4, -0.2) is 34.0 Å². The summed E-state index contributed by atoms with van der Waals surface area (Å²) in [5.41, 5.74) is 5.64. The molecule has 2 N–H and O–H groups in total. The van der Waals surface area contributed by atoms with Crippen molar-refractivity contribution in [3.05, 3.63) is 0 Å². The van der Waals surface area contributed by atoms with Gasteiger partial charge >= 0.3 is 5.97 Å². The second kappa shape index (κ2) is 6.52. The number of nitrogens with two attached hydrogens (primary N) is 1. The molecular weight excluding hydrogens is 234 g/mol. The van der Waals surface area contributed by atoms with Gasteiger partial charge in [0, 0.05) is 6.61 Å². The van der Waals surface area contributed by atoms with Crippen LogP contribution in [-0.2, 0) is 14.0 Å². The Bertz CT molecular complexity index is 249. The number of carbonyl (C=O) groups is 1. The van der Waals surface area contributed by atoms with Crippen molar-refractivity contribution in [3.8, 4) is 0 Å². The maximum atomic E-state index is 11.1. The molecule has 0 saturated carbocycles. The van der Waals surface area contributed by atoms with Crippen molar-refractivity contribution in [2.45, 2.75) is 57.8 Å². The molecule has 0 heterocycles. The summed E-state index contributed by atoms with van der Waals surface area (Å²) in [5, 5.41) is 0.220. The summed E-state index contributed by atoms with van der Waals surface area (Å²) in [6, 6.07) is -0.525. The summed E-state index contributed by atoms with van der Waals surface area (Å²) in [5.74, 6) is -0.350. The quantitative estimate of drug-likeness (QED) is 0.453. The van der Waals surface area contributed by atoms with Gasteiger partial charge in [0.2, 0.25) is 0 Å². The molecule has 0 amide bonds. The molecule has 0 unspecified atom stereocenters. The molecule has 0 radical (unpaired) electrons. The van der Waals surface area contributed by atoms with Crippen molar-refractivity contribution < 1.29 is 14.0 Å². The average molecular weight is 261 g/mol. The van der Waals surface area contributed by atoms with Gasteiger partial charge in [0.05, 0.1) is 7.11 Å². The number of esters is 1. The fourth-order valence-corrected chi connectivity index (χ4v) is 2.20. The van der Waals surface area contributed by atoms with Crippen LogP contribution in [0.5, 0.6) is 0 Å². The molecule has 1 atom stereocenters. The van der Waals surface area contributed by atoms with Gasteiger partial charge in [-0.05, 0) is 31.0 Å². The topological polar surface area (TPSA) is 61.5 Å². The Morgan fingerprint density at radius 2 is 1.88 bits per heavy atom. The first kappa shape index (κ1) is 16.6. The minimum atomic E-state index is -1.67. The van der Waals surface area contributed by atoms with Crippen molar-refractivity contribution >= 4 is 14.3 Å². The summed E-state index contributed by atoms with van der Waals surface area (Å²) in [7, 11) is -0.314. The molecule has 0 aromatic carbocycles. The van der Waals surface area contributed by atoms with Crippen LogP contribution < -0.4 is 5.73 Å². The van der Waals surface area contributed by atoms with Crippen molar-refractivity contribution in [1.29, 1.82) is 0 Å². The minimum Gasteiger partial charge on any atom is -0.468 e. The Hall–Kier alpha value is -0.393. The van der Waals surface area contributed by atoms with Gasteiger partial charge in [0.15, 0.2) is 8.32 Å². The van der Waals surface area contributed by atoms with E-state index in [9.17, 15) is 4.79 Å². The lowest BCUT2D eigenvalue weighted by atomic mass is 10.2. The maximum absolute atomic E-state index is 11.1. The van der Waals surface area contributed by atoms with Crippen LogP contribution in [0.2, 0.25) is 18.1 Å². The molecule has 0 aromatic rings. The summed E-state index contributed by atoms with van der Waals surface area (Å²) in [6.45, 7) is 11.7. The standard InChI is InChI=1S/C12H27NO3Si/c1-12(2,3)17(5,6)16-9-7-8-10(13)11(14)15-4/h10H,7-9,13H2,1-6H3/t10-/m1/s1. The summed E-state index contributed by atoms with van der Waals surface area (Å²) in [6.07, 6.45) is 1.41. The molecule has 0 fully saturated rings. The predicted molar refractivity (Wildman–Crippen MR) is 72.4 cm³/mol. The summed E-state index contributed by atoms with van der Waals surface area (Å²) in [4.78, 5) is 11.1. The van der Waals surface area contributed by atoms with Crippen LogP contribution in [0.1, 0.15) is 33.6 Å². The predicted octanol–water partition coefficient (Wildman–Crippen LogP) is 2.29. The van der Waals surface area contributed by atoms with Crippen molar-refractivity contribution in [3.63, 3.8) is 0 Å². The van der Waals surface area contributed by atoms with E-state index in [4.69, 9.17) is 10.2 Å². The number of hydrogen-bond acceptors (Lipinski definition) is 4. The van der Waals surface area contributed by atoms with E-state index in [2.05, 4.69) is 38.6 Å². The number of ether oxygens (including phenoxy) is 1. The minimum absolute atomic E-state index is 0.220. The third-order valence-corrected chi connectivity index (χ3v) is 7.97. The lowest BCUT2D eigenvalue weighted by molar-refractivity contribution is -0.142. The zero-order chi connectivity index (χ0) is 13.7. The molecule has 17 heavy (non-hydrogen) atoms. The largest absolute Gasteiger partial charge is 0.468 e. The van der Waals surface area contributed by atoms with Gasteiger partial charge in [-0.25, -0.2) is 0 Å². The van der Waals surface area contributed by atoms with E-state index in [1.807, 2.05) is 0 Å². The van der Waals surface area contributed by atoms with E-state index in [0.29, 0.717) is 13.0 Å². The fraction of sp³-hybridized carbons (Fsp3) is 0.917. The first-order valence-electron chi connectivity index (χ1n) is 6.09. The molecule has 0 saturated heterocycles. The third-order valence-electron chi connectivity index (χ3n) is 3.43. The Morgan fingerprint density at radius 1 is 1.35 bits per heavy atom. The maximum Gasteiger partial charge on any atom is 0.322 e. The highest BCUT2D eigenvalue weighted by atomic mass is 28.4. The van der Waals surface area contributed by atoms with E-state index in [1.165, 1.54) is 7.11 Å². The molecule has 0 aliphatic rings. The molecular formula is C12H27NO3Si. The van der Waals surface area contributed by atoms with E-state index in [1.54, 1.807) is 0 Å². The number of methoxy groups -OCH3 is 1. The lowest BCUT2D eigenvalue weighted by Gasteiger charge is -2.36. The smallest absolute Gasteiger partial charge is 0.322 e. The summed E-state index contributed by atoms with van der Waals surface area (Å²) < 4.78 is 10.6. The van der Waals surface area contributed by atoms with Gasteiger partial charge in [0.25, 0.3) is 0 Å². The molecule has 102 valence electrons. The third kappa shape index (κ3) is 5.65. The molecule has 4 nitrogen and oxygen atoms in total. The van der Waals surface area contributed by atoms with Crippen LogP contribution in [0.25, 0.3) is 0 Å². The molecule has 0 rings (SSSR count). The van der Waals surface area contributed by atoms with Gasteiger partial charge < -0.3 is 14.9 Å². The first-order valence-corrected chi connectivity index (χ1v) is 9.00. The number of hydrogen-bond donors (Lipinski definition) is 1. The van der Waals surface area contributed by atoms with E-state index >= 15 is 0 Å². The first-order chi connectivity index (χ1) is 7.62. The van der Waals surface area contributed by atoms with Crippen LogP contribution in [0.4, 0.5) is 0 Å². The molecule has 0 aromatic heterocycles. The van der Waals surface area contributed by atoms with E-state index < -0.39 is 14.4 Å². The van der Waals surface area contributed by atoms with Crippen molar-refractivity contribution in [2.75, 3.05) is 13.7 Å². The normalized spacial score (nSPS) is 14.5. The van der Waals surface area contributed by atoms with Crippen molar-refractivity contribution in [1.82, 2.24) is 0 Å². The monoisotopic (exact) mass is 261 g/mol. The molecule has 0 bridgehead atoms. The molecule has 5 heteroatoms. The Kier molecular flexibility index (Phi) is 6.36. The van der Waals surface area contributed by atoms with Gasteiger partial charge in [-0.15, -0.1) is 0 Å². The highest BCUT2D eigenvalue weighted by Crippen LogP contribution is 2.36. The summed E-state index contributed by atoms with van der Waals surface area (Å²) >= 11 is 0. The Balaban J connectivity index is 3.90. The second-order valence-corrected chi connectivity index (χ2v) is 10.7. The Morgan fingerprint density at radius 3 is 2.29 bits per heavy atom. The van der Waals surface area contributed by atoms with Gasteiger partial charge in [-0.2, -0.15) is 0 Å². The van der Waals surface area contributed by atoms with Gasteiger partial charge in [-0.3, -0.25) is 4.79 Å². The van der Waals surface area contributed by atoms with Gasteiger partial charge in [0.1, 0.15) is 6.04 Å². The lowest BCUT2D eigenvalue weighted by Crippen LogP contribution is -2.41. The molecule has 0 spiro atoms. The van der Waals surface area contributed by atoms with E-state index in [0.717, 1.165) is 6.42 Å². The zero-order valence-corrected chi connectivity index (χ0v) is 13.0. The average Bonchev–Trinajstić information content (AvgIpc) is 2.21. The van der Waals surface area contributed by atoms with Crippen LogP contribution >= 0.6 is 0 Å². The molecule has 0 aliphatic carbocycles.